The molecule has 8 nitrogen and oxygen atoms in total. The van der Waals surface area contributed by atoms with Crippen LogP contribution in [-0.4, -0.2) is 54.6 Å². The molecule has 1 N–H and O–H groups in total. The van der Waals surface area contributed by atoms with Crippen LogP contribution in [0.5, 0.6) is 5.75 Å². The van der Waals surface area contributed by atoms with Crippen molar-refractivity contribution in [2.24, 2.45) is 5.16 Å². The van der Waals surface area contributed by atoms with Crippen LogP contribution in [0.1, 0.15) is 37.6 Å². The fourth-order valence-corrected chi connectivity index (χ4v) is 3.36. The molecule has 0 saturated carbocycles. The van der Waals surface area contributed by atoms with Gasteiger partial charge in [-0.2, -0.15) is 0 Å². The van der Waals surface area contributed by atoms with E-state index in [0.717, 1.165) is 11.3 Å². The first kappa shape index (κ1) is 22.7. The van der Waals surface area contributed by atoms with Crippen molar-refractivity contribution in [3.05, 3.63) is 59.4 Å². The van der Waals surface area contributed by atoms with Crippen molar-refractivity contribution in [3.63, 3.8) is 0 Å². The third-order valence-electron chi connectivity index (χ3n) is 4.99. The van der Waals surface area contributed by atoms with Crippen LogP contribution >= 0.6 is 0 Å². The number of hydrogen-bond acceptors (Lipinski definition) is 7. The molecule has 2 unspecified atom stereocenters. The summed E-state index contributed by atoms with van der Waals surface area (Å²) in [5, 5.41) is 14.5. The van der Waals surface area contributed by atoms with Gasteiger partial charge in [-0.05, 0) is 55.8 Å². The molecule has 1 aliphatic heterocycles. The van der Waals surface area contributed by atoms with Gasteiger partial charge in [-0.1, -0.05) is 12.1 Å². The molecule has 1 aromatic heterocycles. The van der Waals surface area contributed by atoms with Crippen LogP contribution in [0.25, 0.3) is 6.08 Å². The van der Waals surface area contributed by atoms with Crippen LogP contribution in [0.3, 0.4) is 0 Å². The lowest BCUT2D eigenvalue weighted by atomic mass is 10.0. The molecule has 31 heavy (non-hydrogen) atoms. The van der Waals surface area contributed by atoms with Crippen molar-refractivity contribution >= 4 is 17.8 Å². The summed E-state index contributed by atoms with van der Waals surface area (Å²) in [6.07, 6.45) is 3.18. The number of benzene rings is 1. The summed E-state index contributed by atoms with van der Waals surface area (Å²) in [6.45, 7) is 5.18. The molecule has 1 aliphatic rings. The van der Waals surface area contributed by atoms with Crippen molar-refractivity contribution in [3.8, 4) is 5.75 Å². The van der Waals surface area contributed by atoms with Crippen LogP contribution < -0.4 is 4.74 Å². The van der Waals surface area contributed by atoms with Gasteiger partial charge in [-0.3, -0.25) is 0 Å². The van der Waals surface area contributed by atoms with Crippen LogP contribution in [0.2, 0.25) is 0 Å². The quantitative estimate of drug-likeness (QED) is 0.256. The summed E-state index contributed by atoms with van der Waals surface area (Å²) in [5.74, 6) is 0.179. The Kier molecular flexibility index (Phi) is 8.00. The van der Waals surface area contributed by atoms with Gasteiger partial charge < -0.3 is 28.7 Å². The zero-order valence-electron chi connectivity index (χ0n) is 18.0. The van der Waals surface area contributed by atoms with E-state index in [1.165, 1.54) is 0 Å². The number of aliphatic hydroxyl groups is 1. The van der Waals surface area contributed by atoms with Crippen LogP contribution in [0.4, 0.5) is 0 Å². The number of carbonyl (C=O) groups is 1. The van der Waals surface area contributed by atoms with E-state index in [0.29, 0.717) is 43.3 Å². The Hall–Kier alpha value is -2.94. The van der Waals surface area contributed by atoms with Crippen LogP contribution in [0.15, 0.2) is 53.3 Å². The molecule has 2 aromatic rings. The normalized spacial score (nSPS) is 16.8. The molecule has 0 bridgehead atoms. The Morgan fingerprint density at radius 1 is 1.19 bits per heavy atom. The van der Waals surface area contributed by atoms with E-state index in [2.05, 4.69) is 5.16 Å². The maximum Gasteiger partial charge on any atom is 0.368 e. The first-order valence-electron chi connectivity index (χ1n) is 10.3. The lowest BCUT2D eigenvalue weighted by Crippen LogP contribution is -2.28. The van der Waals surface area contributed by atoms with Crippen LogP contribution in [0, 0.1) is 0 Å². The average molecular weight is 428 g/mol. The zero-order chi connectivity index (χ0) is 22.2. The van der Waals surface area contributed by atoms with Gasteiger partial charge in [0, 0.05) is 24.1 Å². The molecule has 1 aromatic carbocycles. The van der Waals surface area contributed by atoms with E-state index < -0.39 is 12.3 Å². The number of carbonyl (C=O) groups excluding carboxylic acids is 1. The van der Waals surface area contributed by atoms with Gasteiger partial charge >= 0.3 is 5.97 Å². The molecular weight excluding hydrogens is 400 g/mol. The number of nitrogens with zero attached hydrogens (tertiary/aromatic N) is 2. The second kappa shape index (κ2) is 10.9. The minimum absolute atomic E-state index is 0.295. The van der Waals surface area contributed by atoms with E-state index in [1.54, 1.807) is 25.3 Å². The van der Waals surface area contributed by atoms with E-state index in [-0.39, 0.29) is 6.04 Å². The molecule has 0 amide bonds. The Morgan fingerprint density at radius 3 is 2.65 bits per heavy atom. The van der Waals surface area contributed by atoms with Gasteiger partial charge in [-0.25, -0.2) is 4.79 Å². The molecule has 0 fully saturated rings. The number of methoxy groups -OCH3 is 1. The number of oxime groups is 1. The third-order valence-corrected chi connectivity index (χ3v) is 4.99. The van der Waals surface area contributed by atoms with Crippen molar-refractivity contribution < 1.29 is 28.9 Å². The molecule has 2 heterocycles. The molecule has 166 valence electrons. The summed E-state index contributed by atoms with van der Waals surface area (Å²) >= 11 is 0. The predicted octanol–water partition coefficient (Wildman–Crippen LogP) is 3.16. The summed E-state index contributed by atoms with van der Waals surface area (Å²) in [6, 6.07) is 10.6. The topological polar surface area (TPSA) is 91.5 Å². The molecule has 0 radical (unpaired) electrons. The van der Waals surface area contributed by atoms with Gasteiger partial charge in [0.25, 0.3) is 0 Å². The number of hydrogen-bond donors (Lipinski definition) is 1. The van der Waals surface area contributed by atoms with Gasteiger partial charge in [-0.15, -0.1) is 0 Å². The van der Waals surface area contributed by atoms with Gasteiger partial charge in [0.05, 0.1) is 31.9 Å². The highest BCUT2D eigenvalue weighted by Gasteiger charge is 2.28. The van der Waals surface area contributed by atoms with E-state index in [9.17, 15) is 9.90 Å². The van der Waals surface area contributed by atoms with E-state index >= 15 is 0 Å². The fourth-order valence-electron chi connectivity index (χ4n) is 3.36. The minimum atomic E-state index is -1.01. The standard InChI is InChI=1S/C23H28N2O6/c1-4-20(23(27)30-14-13-29-5-2)25-12-6-7-17(25)15-19-21(24-31-22(19)26)16-8-10-18(28-3)11-9-16/h6-12,15,20,23,27H,4-5,13-14H2,1-3H3/b19-15-. The largest absolute Gasteiger partial charge is 0.497 e. The number of rotatable bonds is 11. The fraction of sp³-hybridized carbons (Fsp3) is 0.391. The van der Waals surface area contributed by atoms with E-state index in [4.69, 9.17) is 19.0 Å². The average Bonchev–Trinajstić information content (AvgIpc) is 3.39. The SMILES string of the molecule is CCOCCOC(O)C(CC)n1cccc1/C=C1\C(=O)ON=C1c1ccc(OC)cc1. The smallest absolute Gasteiger partial charge is 0.368 e. The number of aliphatic hydroxyl groups excluding tert-OH is 1. The zero-order valence-corrected chi connectivity index (χ0v) is 18.0. The van der Waals surface area contributed by atoms with E-state index in [1.807, 2.05) is 48.9 Å². The summed E-state index contributed by atoms with van der Waals surface area (Å²) in [7, 11) is 1.59. The molecule has 2 atom stereocenters. The Balaban J connectivity index is 1.83. The van der Waals surface area contributed by atoms with Crippen molar-refractivity contribution in [1.82, 2.24) is 4.57 Å². The summed E-state index contributed by atoms with van der Waals surface area (Å²) in [4.78, 5) is 17.3. The molecule has 8 heteroatoms. The van der Waals surface area contributed by atoms with Crippen molar-refractivity contribution in [2.75, 3.05) is 26.9 Å². The van der Waals surface area contributed by atoms with Crippen molar-refractivity contribution in [2.45, 2.75) is 32.6 Å². The predicted molar refractivity (Wildman–Crippen MR) is 116 cm³/mol. The Labute approximate surface area is 181 Å². The number of ether oxygens (including phenoxy) is 3. The minimum Gasteiger partial charge on any atom is -0.497 e. The molecule has 0 saturated heterocycles. The first-order valence-corrected chi connectivity index (χ1v) is 10.3. The lowest BCUT2D eigenvalue weighted by molar-refractivity contribution is -0.139. The summed E-state index contributed by atoms with van der Waals surface area (Å²) < 4.78 is 17.9. The van der Waals surface area contributed by atoms with Gasteiger partial charge in [0.2, 0.25) is 0 Å². The second-order valence-electron chi connectivity index (χ2n) is 6.88. The number of aromatic nitrogens is 1. The highest BCUT2D eigenvalue weighted by molar-refractivity contribution is 6.31. The Morgan fingerprint density at radius 2 is 1.97 bits per heavy atom. The molecule has 3 rings (SSSR count). The highest BCUT2D eigenvalue weighted by atomic mass is 16.7. The Bertz CT molecular complexity index is 932. The summed E-state index contributed by atoms with van der Waals surface area (Å²) in [5.41, 5.74) is 2.25. The maximum absolute atomic E-state index is 12.4. The van der Waals surface area contributed by atoms with Gasteiger partial charge in [0.15, 0.2) is 6.29 Å². The van der Waals surface area contributed by atoms with Crippen LogP contribution in [-0.2, 0) is 19.1 Å². The monoisotopic (exact) mass is 428 g/mol. The third kappa shape index (κ3) is 5.41. The molecular formula is C23H28N2O6. The maximum atomic E-state index is 12.4. The highest BCUT2D eigenvalue weighted by Crippen LogP contribution is 2.26. The molecule has 0 aliphatic carbocycles. The van der Waals surface area contributed by atoms with Crippen molar-refractivity contribution in [1.29, 1.82) is 0 Å². The molecule has 0 spiro atoms. The van der Waals surface area contributed by atoms with Gasteiger partial charge in [0.1, 0.15) is 11.5 Å². The lowest BCUT2D eigenvalue weighted by Gasteiger charge is -2.25. The first-order chi connectivity index (χ1) is 15.1. The second-order valence-corrected chi connectivity index (χ2v) is 6.88.